The van der Waals surface area contributed by atoms with E-state index in [9.17, 15) is 4.79 Å². The monoisotopic (exact) mass is 277 g/mol. The van der Waals surface area contributed by atoms with Crippen LogP contribution in [0.3, 0.4) is 0 Å². The third kappa shape index (κ3) is 3.23. The molecule has 1 aliphatic heterocycles. The topological polar surface area (TPSA) is 44.7 Å². The van der Waals surface area contributed by atoms with Crippen LogP contribution in [0.1, 0.15) is 36.4 Å². The summed E-state index contributed by atoms with van der Waals surface area (Å²) in [7, 11) is 0. The Morgan fingerprint density at radius 1 is 1.53 bits per heavy atom. The molecule has 0 aromatic carbocycles. The Hall–Kier alpha value is -1.62. The summed E-state index contributed by atoms with van der Waals surface area (Å²) in [4.78, 5) is 19.2. The van der Waals surface area contributed by atoms with Gasteiger partial charge < -0.3 is 10.2 Å². The molecule has 0 aliphatic carbocycles. The smallest absolute Gasteiger partial charge is 0.263 e. The van der Waals surface area contributed by atoms with Crippen molar-refractivity contribution in [1.82, 2.24) is 5.32 Å². The number of hydrogen-bond acceptors (Lipinski definition) is 4. The fourth-order valence-corrected chi connectivity index (χ4v) is 2.79. The SMILES string of the molecule is CCC(CC)NC(=O)c1sccc1N1C=CC=NC1. The molecule has 0 radical (unpaired) electrons. The van der Waals surface area contributed by atoms with Crippen molar-refractivity contribution < 1.29 is 4.79 Å². The van der Waals surface area contributed by atoms with Gasteiger partial charge in [0.05, 0.1) is 5.69 Å². The van der Waals surface area contributed by atoms with E-state index in [-0.39, 0.29) is 11.9 Å². The predicted molar refractivity (Wildman–Crippen MR) is 81.1 cm³/mol. The lowest BCUT2D eigenvalue weighted by molar-refractivity contribution is 0.0939. The highest BCUT2D eigenvalue weighted by atomic mass is 32.1. The van der Waals surface area contributed by atoms with Gasteiger partial charge in [0.15, 0.2) is 0 Å². The molecule has 1 amide bonds. The molecular formula is C14H19N3OS. The van der Waals surface area contributed by atoms with Crippen molar-refractivity contribution in [3.63, 3.8) is 0 Å². The van der Waals surface area contributed by atoms with E-state index in [0.717, 1.165) is 23.4 Å². The second-order valence-electron chi connectivity index (χ2n) is 4.41. The highest BCUT2D eigenvalue weighted by Gasteiger charge is 2.19. The molecule has 0 spiro atoms. The van der Waals surface area contributed by atoms with Crippen LogP contribution in [0.5, 0.6) is 0 Å². The minimum Gasteiger partial charge on any atom is -0.349 e. The van der Waals surface area contributed by atoms with Crippen molar-refractivity contribution in [2.24, 2.45) is 4.99 Å². The van der Waals surface area contributed by atoms with Crippen LogP contribution in [0.4, 0.5) is 5.69 Å². The minimum atomic E-state index is 0.0154. The first kappa shape index (κ1) is 13.8. The van der Waals surface area contributed by atoms with Gasteiger partial charge in [0.2, 0.25) is 0 Å². The molecule has 4 nitrogen and oxygen atoms in total. The van der Waals surface area contributed by atoms with Gasteiger partial charge in [-0.2, -0.15) is 0 Å². The summed E-state index contributed by atoms with van der Waals surface area (Å²) >= 11 is 1.47. The lowest BCUT2D eigenvalue weighted by atomic mass is 10.1. The Bertz CT molecular complexity index is 489. The van der Waals surface area contributed by atoms with Gasteiger partial charge >= 0.3 is 0 Å². The molecule has 0 fully saturated rings. The van der Waals surface area contributed by atoms with E-state index < -0.39 is 0 Å². The van der Waals surface area contributed by atoms with Gasteiger partial charge in [-0.15, -0.1) is 11.3 Å². The van der Waals surface area contributed by atoms with Crippen molar-refractivity contribution in [3.05, 3.63) is 28.6 Å². The van der Waals surface area contributed by atoms with Crippen molar-refractivity contribution in [2.75, 3.05) is 11.6 Å². The number of amides is 1. The Morgan fingerprint density at radius 2 is 2.32 bits per heavy atom. The number of carbonyl (C=O) groups excluding carboxylic acids is 1. The van der Waals surface area contributed by atoms with E-state index in [1.807, 2.05) is 28.6 Å². The van der Waals surface area contributed by atoms with Crippen LogP contribution in [0.2, 0.25) is 0 Å². The summed E-state index contributed by atoms with van der Waals surface area (Å²) < 4.78 is 0. The van der Waals surface area contributed by atoms with Gasteiger partial charge in [0.25, 0.3) is 5.91 Å². The lowest BCUT2D eigenvalue weighted by Gasteiger charge is -2.21. The van der Waals surface area contributed by atoms with Crippen molar-refractivity contribution in [3.8, 4) is 0 Å². The van der Waals surface area contributed by atoms with Crippen molar-refractivity contribution in [1.29, 1.82) is 0 Å². The molecular weight excluding hydrogens is 258 g/mol. The van der Waals surface area contributed by atoms with E-state index in [2.05, 4.69) is 24.2 Å². The summed E-state index contributed by atoms with van der Waals surface area (Å²) in [6.07, 6.45) is 7.51. The van der Waals surface area contributed by atoms with Gasteiger partial charge in [0, 0.05) is 18.5 Å². The van der Waals surface area contributed by atoms with Crippen molar-refractivity contribution >= 4 is 29.1 Å². The third-order valence-electron chi connectivity index (χ3n) is 3.17. The summed E-state index contributed by atoms with van der Waals surface area (Å²) in [5.74, 6) is 0.0154. The zero-order chi connectivity index (χ0) is 13.7. The van der Waals surface area contributed by atoms with Crippen LogP contribution in [0.25, 0.3) is 0 Å². The van der Waals surface area contributed by atoms with Crippen LogP contribution in [0.15, 0.2) is 28.7 Å². The fourth-order valence-electron chi connectivity index (χ4n) is 1.98. The standard InChI is InChI=1S/C14H19N3OS/c1-3-11(4-2)16-14(18)13-12(6-9-19-13)17-8-5-7-15-10-17/h5-9,11H,3-4,10H2,1-2H3,(H,16,18). The van der Waals surface area contributed by atoms with Crippen molar-refractivity contribution in [2.45, 2.75) is 32.7 Å². The molecule has 102 valence electrons. The second-order valence-corrected chi connectivity index (χ2v) is 5.32. The Morgan fingerprint density at radius 3 is 2.95 bits per heavy atom. The summed E-state index contributed by atoms with van der Waals surface area (Å²) in [5, 5.41) is 5.03. The van der Waals surface area contributed by atoms with Crippen LogP contribution in [-0.2, 0) is 0 Å². The van der Waals surface area contributed by atoms with Gasteiger partial charge in [-0.3, -0.25) is 9.79 Å². The molecule has 1 N–H and O–H groups in total. The molecule has 1 aliphatic rings. The quantitative estimate of drug-likeness (QED) is 0.899. The normalized spacial score (nSPS) is 14.2. The average Bonchev–Trinajstić information content (AvgIpc) is 2.95. The number of carbonyl (C=O) groups is 1. The number of nitrogens with one attached hydrogen (secondary N) is 1. The molecule has 0 saturated carbocycles. The van der Waals surface area contributed by atoms with Crippen LogP contribution < -0.4 is 10.2 Å². The zero-order valence-electron chi connectivity index (χ0n) is 11.3. The van der Waals surface area contributed by atoms with Gasteiger partial charge in [-0.05, 0) is 30.4 Å². The van der Waals surface area contributed by atoms with Gasteiger partial charge in [-0.25, -0.2) is 0 Å². The van der Waals surface area contributed by atoms with E-state index >= 15 is 0 Å². The van der Waals surface area contributed by atoms with E-state index in [1.54, 1.807) is 6.21 Å². The number of rotatable bonds is 5. The molecule has 0 saturated heterocycles. The van der Waals surface area contributed by atoms with Gasteiger partial charge in [-0.1, -0.05) is 13.8 Å². The van der Waals surface area contributed by atoms with Crippen LogP contribution in [-0.4, -0.2) is 24.8 Å². The highest BCUT2D eigenvalue weighted by Crippen LogP contribution is 2.27. The van der Waals surface area contributed by atoms with Crippen LogP contribution >= 0.6 is 11.3 Å². The fraction of sp³-hybridized carbons (Fsp3) is 0.429. The van der Waals surface area contributed by atoms with E-state index in [0.29, 0.717) is 6.67 Å². The Labute approximate surface area is 117 Å². The predicted octanol–water partition coefficient (Wildman–Crippen LogP) is 3.03. The third-order valence-corrected chi connectivity index (χ3v) is 4.07. The zero-order valence-corrected chi connectivity index (χ0v) is 12.1. The molecule has 0 bridgehead atoms. The summed E-state index contributed by atoms with van der Waals surface area (Å²) in [6, 6.07) is 2.22. The van der Waals surface area contributed by atoms with E-state index in [4.69, 9.17) is 0 Å². The minimum absolute atomic E-state index is 0.0154. The lowest BCUT2D eigenvalue weighted by Crippen LogP contribution is -2.34. The Balaban J connectivity index is 2.12. The molecule has 19 heavy (non-hydrogen) atoms. The number of thiophene rings is 1. The number of nitrogens with zero attached hydrogens (tertiary/aromatic N) is 2. The molecule has 2 heterocycles. The number of aliphatic imine (C=N–C) groups is 1. The second kappa shape index (κ2) is 6.52. The maximum atomic E-state index is 12.3. The highest BCUT2D eigenvalue weighted by molar-refractivity contribution is 7.12. The molecule has 2 rings (SSSR count). The van der Waals surface area contributed by atoms with E-state index in [1.165, 1.54) is 11.3 Å². The Kier molecular flexibility index (Phi) is 4.74. The first-order valence-electron chi connectivity index (χ1n) is 6.57. The van der Waals surface area contributed by atoms with Crippen LogP contribution in [0, 0.1) is 0 Å². The first-order chi connectivity index (χ1) is 9.26. The number of allylic oxidation sites excluding steroid dienone is 1. The maximum absolute atomic E-state index is 12.3. The summed E-state index contributed by atoms with van der Waals surface area (Å²) in [5.41, 5.74) is 0.932. The summed E-state index contributed by atoms with van der Waals surface area (Å²) in [6.45, 7) is 4.75. The molecule has 0 unspecified atom stereocenters. The molecule has 1 aromatic heterocycles. The largest absolute Gasteiger partial charge is 0.349 e. The molecule has 1 aromatic rings. The van der Waals surface area contributed by atoms with Gasteiger partial charge in [0.1, 0.15) is 11.5 Å². The number of anilines is 1. The first-order valence-corrected chi connectivity index (χ1v) is 7.45. The molecule has 5 heteroatoms. The molecule has 0 atom stereocenters. The maximum Gasteiger partial charge on any atom is 0.263 e. The number of hydrogen-bond donors (Lipinski definition) is 1. The average molecular weight is 277 g/mol.